The van der Waals surface area contributed by atoms with E-state index < -0.39 is 0 Å². The number of hydrogen-bond donors (Lipinski definition) is 0. The van der Waals surface area contributed by atoms with Crippen LogP contribution in [0.3, 0.4) is 0 Å². The summed E-state index contributed by atoms with van der Waals surface area (Å²) in [5.41, 5.74) is 15.9. The van der Waals surface area contributed by atoms with Crippen LogP contribution in [0.15, 0.2) is 134 Å². The van der Waals surface area contributed by atoms with E-state index in [-0.39, 0.29) is 6.71 Å². The van der Waals surface area contributed by atoms with Gasteiger partial charge >= 0.3 is 0 Å². The number of aryl methyl sites for hydroxylation is 6. The number of benzene rings is 6. The Bertz CT molecular complexity index is 2140. The first-order chi connectivity index (χ1) is 23.3. The van der Waals surface area contributed by atoms with Crippen LogP contribution in [0.2, 0.25) is 0 Å². The van der Waals surface area contributed by atoms with Crippen LogP contribution in [-0.4, -0.2) is 16.7 Å². The van der Waals surface area contributed by atoms with Gasteiger partial charge in [0.15, 0.2) is 5.82 Å². The van der Waals surface area contributed by atoms with Crippen molar-refractivity contribution in [2.24, 2.45) is 0 Å². The van der Waals surface area contributed by atoms with Crippen LogP contribution in [0.25, 0.3) is 22.0 Å². The predicted octanol–water partition coefficient (Wildman–Crippen LogP) is 9.13. The third-order valence-corrected chi connectivity index (χ3v) is 9.47. The molecule has 0 bridgehead atoms. The summed E-state index contributed by atoms with van der Waals surface area (Å²) in [4.78, 5) is 12.0. The average Bonchev–Trinajstić information content (AvgIpc) is 3.08. The first-order valence-electron chi connectivity index (χ1n) is 16.7. The highest BCUT2D eigenvalue weighted by Gasteiger charge is 2.28. The zero-order valence-corrected chi connectivity index (χ0v) is 28.6. The maximum atomic E-state index is 4.97. The van der Waals surface area contributed by atoms with E-state index in [4.69, 9.17) is 9.97 Å². The van der Waals surface area contributed by atoms with Gasteiger partial charge in [-0.25, -0.2) is 4.98 Å². The molecule has 0 spiro atoms. The fourth-order valence-corrected chi connectivity index (χ4v) is 7.51. The molecule has 1 aromatic heterocycles. The summed E-state index contributed by atoms with van der Waals surface area (Å²) in [6.45, 7) is 13.5. The smallest absolute Gasteiger partial charge is 0.242 e. The molecule has 234 valence electrons. The number of rotatable bonds is 7. The van der Waals surface area contributed by atoms with Crippen LogP contribution in [0.4, 0.5) is 17.2 Å². The van der Waals surface area contributed by atoms with Gasteiger partial charge in [-0.05, 0) is 76.6 Å². The van der Waals surface area contributed by atoms with E-state index in [1.807, 2.05) is 30.6 Å². The van der Waals surface area contributed by atoms with Crippen LogP contribution in [0, 0.1) is 41.5 Å². The average molecular weight is 622 g/mol. The summed E-state index contributed by atoms with van der Waals surface area (Å²) in [7, 11) is 0. The van der Waals surface area contributed by atoms with E-state index >= 15 is 0 Å². The summed E-state index contributed by atoms with van der Waals surface area (Å²) in [6.07, 6.45) is 3.75. The Kier molecular flexibility index (Phi) is 8.41. The highest BCUT2D eigenvalue weighted by molar-refractivity contribution is 6.96. The molecular weight excluding hydrogens is 581 g/mol. The van der Waals surface area contributed by atoms with Gasteiger partial charge in [0.2, 0.25) is 6.71 Å². The van der Waals surface area contributed by atoms with Gasteiger partial charge in [0.25, 0.3) is 0 Å². The zero-order valence-electron chi connectivity index (χ0n) is 28.6. The third-order valence-electron chi connectivity index (χ3n) is 9.47. The molecule has 0 saturated carbocycles. The second-order valence-corrected chi connectivity index (χ2v) is 13.1. The van der Waals surface area contributed by atoms with Crippen molar-refractivity contribution in [1.29, 1.82) is 0 Å². The van der Waals surface area contributed by atoms with Crippen molar-refractivity contribution in [2.45, 2.75) is 41.5 Å². The molecule has 1 heterocycles. The largest absolute Gasteiger partial charge is 0.294 e. The first-order valence-corrected chi connectivity index (χ1v) is 16.7. The summed E-state index contributed by atoms with van der Waals surface area (Å²) in [5.74, 6) is 0.768. The molecule has 7 aromatic rings. The standard InChI is InChI=1S/C44H40BN3/c1-29-22-31(3)43(32(4)23-29)45(44-33(5)24-30(2)25-34(44)6)38-17-20-39(21-18-38)48(40-19-16-35-12-10-11-15-37(35)26-40)42-28-46-41(27-47-42)36-13-8-7-9-14-36/h7-28H,1-6H3. The monoisotopic (exact) mass is 621 g/mol. The Hall–Kier alpha value is -5.48. The van der Waals surface area contributed by atoms with E-state index in [0.717, 1.165) is 28.5 Å². The molecule has 48 heavy (non-hydrogen) atoms. The molecule has 0 fully saturated rings. The van der Waals surface area contributed by atoms with E-state index in [0.29, 0.717) is 0 Å². The summed E-state index contributed by atoms with van der Waals surface area (Å²) in [5, 5.41) is 2.39. The van der Waals surface area contributed by atoms with E-state index in [1.54, 1.807) is 0 Å². The zero-order chi connectivity index (χ0) is 33.4. The number of nitrogens with zero attached hydrogens (tertiary/aromatic N) is 3. The quantitative estimate of drug-likeness (QED) is 0.166. The van der Waals surface area contributed by atoms with Crippen molar-refractivity contribution in [3.05, 3.63) is 167 Å². The lowest BCUT2D eigenvalue weighted by atomic mass is 9.34. The minimum atomic E-state index is 0.110. The van der Waals surface area contributed by atoms with Crippen molar-refractivity contribution in [1.82, 2.24) is 9.97 Å². The second-order valence-electron chi connectivity index (χ2n) is 13.1. The summed E-state index contributed by atoms with van der Waals surface area (Å²) < 4.78 is 0. The highest BCUT2D eigenvalue weighted by atomic mass is 15.2. The topological polar surface area (TPSA) is 29.0 Å². The number of fused-ring (bicyclic) bond motifs is 1. The van der Waals surface area contributed by atoms with Gasteiger partial charge in [-0.15, -0.1) is 0 Å². The Morgan fingerprint density at radius 3 is 1.58 bits per heavy atom. The SMILES string of the molecule is Cc1cc(C)c(B(c2ccc(N(c3ccc4ccccc4c3)c3cnc(-c4ccccc4)cn3)cc2)c2c(C)cc(C)cc2C)c(C)c1. The molecule has 0 unspecified atom stereocenters. The number of hydrogen-bond acceptors (Lipinski definition) is 3. The normalized spacial score (nSPS) is 11.1. The van der Waals surface area contributed by atoms with Gasteiger partial charge in [0.1, 0.15) is 0 Å². The third kappa shape index (κ3) is 6.02. The molecule has 0 aliphatic carbocycles. The van der Waals surface area contributed by atoms with Gasteiger partial charge in [-0.2, -0.15) is 0 Å². The molecule has 0 saturated heterocycles. The predicted molar refractivity (Wildman–Crippen MR) is 206 cm³/mol. The van der Waals surface area contributed by atoms with Gasteiger partial charge in [0, 0.05) is 16.9 Å². The van der Waals surface area contributed by atoms with Crippen LogP contribution < -0.4 is 21.3 Å². The van der Waals surface area contributed by atoms with Crippen molar-refractivity contribution < 1.29 is 0 Å². The van der Waals surface area contributed by atoms with Crippen molar-refractivity contribution in [2.75, 3.05) is 4.90 Å². The minimum Gasteiger partial charge on any atom is -0.294 e. The van der Waals surface area contributed by atoms with Crippen LogP contribution in [-0.2, 0) is 0 Å². The lowest BCUT2D eigenvalue weighted by Gasteiger charge is -2.27. The lowest BCUT2D eigenvalue weighted by Crippen LogP contribution is -2.55. The Morgan fingerprint density at radius 1 is 0.479 bits per heavy atom. The molecule has 6 aromatic carbocycles. The van der Waals surface area contributed by atoms with Gasteiger partial charge in [-0.1, -0.05) is 147 Å². The molecule has 0 radical (unpaired) electrons. The Labute approximate surface area is 285 Å². The fraction of sp³-hybridized carbons (Fsp3) is 0.136. The van der Waals surface area contributed by atoms with Crippen LogP contribution >= 0.6 is 0 Å². The molecular formula is C44H40BN3. The Morgan fingerprint density at radius 2 is 1.02 bits per heavy atom. The summed E-state index contributed by atoms with van der Waals surface area (Å²) in [6, 6.07) is 43.6. The minimum absolute atomic E-state index is 0.110. The molecule has 0 aliphatic rings. The second kappa shape index (κ2) is 13.0. The molecule has 0 aliphatic heterocycles. The molecule has 7 rings (SSSR count). The molecule has 3 nitrogen and oxygen atoms in total. The maximum absolute atomic E-state index is 4.97. The van der Waals surface area contributed by atoms with Gasteiger partial charge in [0.05, 0.1) is 18.1 Å². The van der Waals surface area contributed by atoms with Gasteiger partial charge < -0.3 is 0 Å². The highest BCUT2D eigenvalue weighted by Crippen LogP contribution is 2.35. The van der Waals surface area contributed by atoms with Crippen molar-refractivity contribution in [3.63, 3.8) is 0 Å². The van der Waals surface area contributed by atoms with Crippen molar-refractivity contribution >= 4 is 51.1 Å². The fourth-order valence-electron chi connectivity index (χ4n) is 7.51. The lowest BCUT2D eigenvalue weighted by molar-refractivity contribution is 1.13. The molecule has 0 amide bonds. The van der Waals surface area contributed by atoms with Crippen LogP contribution in [0.5, 0.6) is 0 Å². The van der Waals surface area contributed by atoms with Crippen molar-refractivity contribution in [3.8, 4) is 11.3 Å². The Balaban J connectivity index is 1.37. The molecule has 0 N–H and O–H groups in total. The first kappa shape index (κ1) is 31.1. The van der Waals surface area contributed by atoms with E-state index in [1.165, 1.54) is 60.5 Å². The molecule has 0 atom stereocenters. The van der Waals surface area contributed by atoms with E-state index in [9.17, 15) is 0 Å². The summed E-state index contributed by atoms with van der Waals surface area (Å²) >= 11 is 0. The van der Waals surface area contributed by atoms with Crippen LogP contribution in [0.1, 0.15) is 33.4 Å². The van der Waals surface area contributed by atoms with E-state index in [2.05, 4.69) is 150 Å². The number of anilines is 3. The number of aromatic nitrogens is 2. The maximum Gasteiger partial charge on any atom is 0.242 e. The molecule has 4 heteroatoms. The van der Waals surface area contributed by atoms with Gasteiger partial charge in [-0.3, -0.25) is 9.88 Å².